The number of rotatable bonds is 5. The maximum Gasteiger partial charge on any atom is 0.307 e. The second-order valence-electron chi connectivity index (χ2n) is 7.41. The molecular weight excluding hydrogens is 352 g/mol. The number of aliphatic carboxylic acids is 1. The van der Waals surface area contributed by atoms with Gasteiger partial charge in [0.15, 0.2) is 0 Å². The molecule has 3 rings (SSSR count). The van der Waals surface area contributed by atoms with E-state index in [1.807, 2.05) is 0 Å². The average molecular weight is 378 g/mol. The number of amides is 2. The molecule has 4 N–H and O–H groups in total. The summed E-state index contributed by atoms with van der Waals surface area (Å²) < 4.78 is 0. The largest absolute Gasteiger partial charge is 0.481 e. The van der Waals surface area contributed by atoms with Gasteiger partial charge in [-0.15, -0.1) is 11.3 Å². The molecule has 0 spiro atoms. The molecule has 7 heteroatoms. The third kappa shape index (κ3) is 3.63. The van der Waals surface area contributed by atoms with Crippen LogP contribution in [0, 0.1) is 17.8 Å². The monoisotopic (exact) mass is 378 g/mol. The molecule has 1 aromatic rings. The van der Waals surface area contributed by atoms with Gasteiger partial charge in [0.05, 0.1) is 17.4 Å². The van der Waals surface area contributed by atoms with E-state index >= 15 is 0 Å². The third-order valence-electron chi connectivity index (χ3n) is 5.85. The highest BCUT2D eigenvalue weighted by Gasteiger charge is 2.37. The van der Waals surface area contributed by atoms with Crippen LogP contribution in [0.4, 0.5) is 5.00 Å². The molecule has 2 aliphatic rings. The number of fused-ring (bicyclic) bond motifs is 1. The lowest BCUT2D eigenvalue weighted by Crippen LogP contribution is -2.36. The van der Waals surface area contributed by atoms with E-state index in [9.17, 15) is 19.5 Å². The van der Waals surface area contributed by atoms with Crippen molar-refractivity contribution in [2.75, 3.05) is 5.32 Å². The van der Waals surface area contributed by atoms with Gasteiger partial charge in [0.2, 0.25) is 5.91 Å². The minimum Gasteiger partial charge on any atom is -0.481 e. The Hall–Kier alpha value is -1.89. The number of hydrogen-bond donors (Lipinski definition) is 3. The number of primary amides is 1. The fraction of sp³-hybridized carbons (Fsp3) is 0.632. The number of hydrogen-bond acceptors (Lipinski definition) is 4. The molecule has 0 bridgehead atoms. The van der Waals surface area contributed by atoms with Crippen LogP contribution in [0.15, 0.2) is 0 Å². The number of carboxylic acids is 1. The minimum absolute atomic E-state index is 0.301. The summed E-state index contributed by atoms with van der Waals surface area (Å²) in [6.07, 6.45) is 6.61. The Bertz CT molecular complexity index is 727. The van der Waals surface area contributed by atoms with E-state index < -0.39 is 23.7 Å². The van der Waals surface area contributed by atoms with Gasteiger partial charge in [-0.05, 0) is 43.6 Å². The molecule has 1 heterocycles. The molecule has 2 amide bonds. The van der Waals surface area contributed by atoms with Crippen LogP contribution in [0.5, 0.6) is 0 Å². The number of carbonyl (C=O) groups is 3. The molecule has 0 radical (unpaired) electrons. The molecule has 0 aliphatic heterocycles. The van der Waals surface area contributed by atoms with Crippen molar-refractivity contribution in [2.24, 2.45) is 23.5 Å². The minimum atomic E-state index is -0.920. The SMILES string of the molecule is CC[C@@H]1CCc2c(sc(NC(=O)[C@@H]3CCCC[C@H]3C(=O)O)c2C(N)=O)C1. The second kappa shape index (κ2) is 7.78. The van der Waals surface area contributed by atoms with Crippen molar-refractivity contribution in [3.05, 3.63) is 16.0 Å². The molecule has 26 heavy (non-hydrogen) atoms. The quantitative estimate of drug-likeness (QED) is 0.731. The normalized spacial score (nSPS) is 25.3. The van der Waals surface area contributed by atoms with Gasteiger partial charge in [0.25, 0.3) is 5.91 Å². The molecule has 2 aliphatic carbocycles. The predicted octanol–water partition coefficient (Wildman–Crippen LogP) is 3.19. The number of anilines is 1. The van der Waals surface area contributed by atoms with Crippen molar-refractivity contribution in [3.63, 3.8) is 0 Å². The van der Waals surface area contributed by atoms with Gasteiger partial charge in [0.1, 0.15) is 5.00 Å². The molecule has 3 atom stereocenters. The van der Waals surface area contributed by atoms with Crippen LogP contribution in [0.25, 0.3) is 0 Å². The van der Waals surface area contributed by atoms with Crippen molar-refractivity contribution in [1.82, 2.24) is 0 Å². The summed E-state index contributed by atoms with van der Waals surface area (Å²) in [4.78, 5) is 37.4. The maximum absolute atomic E-state index is 12.8. The summed E-state index contributed by atoms with van der Waals surface area (Å²) in [6, 6.07) is 0. The zero-order valence-corrected chi connectivity index (χ0v) is 15.9. The Balaban J connectivity index is 1.85. The zero-order chi connectivity index (χ0) is 18.8. The van der Waals surface area contributed by atoms with Crippen LogP contribution in [0.1, 0.15) is 66.2 Å². The topological polar surface area (TPSA) is 109 Å². The smallest absolute Gasteiger partial charge is 0.307 e. The van der Waals surface area contributed by atoms with Crippen LogP contribution in [-0.2, 0) is 22.4 Å². The molecule has 0 unspecified atom stereocenters. The van der Waals surface area contributed by atoms with Gasteiger partial charge in [-0.1, -0.05) is 26.2 Å². The lowest BCUT2D eigenvalue weighted by molar-refractivity contribution is -0.147. The molecule has 1 fully saturated rings. The van der Waals surface area contributed by atoms with Gasteiger partial charge in [-0.2, -0.15) is 0 Å². The molecule has 6 nitrogen and oxygen atoms in total. The number of nitrogens with one attached hydrogen (secondary N) is 1. The highest BCUT2D eigenvalue weighted by Crippen LogP contribution is 2.41. The van der Waals surface area contributed by atoms with E-state index in [2.05, 4.69) is 12.2 Å². The summed E-state index contributed by atoms with van der Waals surface area (Å²) in [6.45, 7) is 2.16. The van der Waals surface area contributed by atoms with E-state index in [1.54, 1.807) is 0 Å². The number of carbonyl (C=O) groups excluding carboxylic acids is 2. The highest BCUT2D eigenvalue weighted by molar-refractivity contribution is 7.17. The number of thiophene rings is 1. The van der Waals surface area contributed by atoms with Gasteiger partial charge in [-0.25, -0.2) is 0 Å². The Morgan fingerprint density at radius 1 is 1.19 bits per heavy atom. The summed E-state index contributed by atoms with van der Waals surface area (Å²) in [5, 5.41) is 12.8. The standard InChI is InChI=1S/C19H26N2O4S/c1-2-10-7-8-13-14(9-10)26-18(15(13)16(20)22)21-17(23)11-5-3-4-6-12(11)19(24)25/h10-12H,2-9H2,1H3,(H2,20,22)(H,21,23)(H,24,25)/t10-,11-,12-/m1/s1. The zero-order valence-electron chi connectivity index (χ0n) is 15.0. The highest BCUT2D eigenvalue weighted by atomic mass is 32.1. The van der Waals surface area contributed by atoms with Crippen LogP contribution < -0.4 is 11.1 Å². The Labute approximate surface area is 157 Å². The van der Waals surface area contributed by atoms with Gasteiger partial charge >= 0.3 is 5.97 Å². The molecule has 1 saturated carbocycles. The van der Waals surface area contributed by atoms with Gasteiger partial charge in [-0.3, -0.25) is 14.4 Å². The van der Waals surface area contributed by atoms with Crippen molar-refractivity contribution in [3.8, 4) is 0 Å². The van der Waals surface area contributed by atoms with Gasteiger partial charge in [0, 0.05) is 4.88 Å². The van der Waals surface area contributed by atoms with Gasteiger partial charge < -0.3 is 16.2 Å². The lowest BCUT2D eigenvalue weighted by Gasteiger charge is -2.27. The van der Waals surface area contributed by atoms with Crippen molar-refractivity contribution < 1.29 is 19.5 Å². The first-order chi connectivity index (χ1) is 12.4. The number of carboxylic acid groups (broad SMARTS) is 1. The summed E-state index contributed by atoms with van der Waals surface area (Å²) >= 11 is 1.43. The van der Waals surface area contributed by atoms with Crippen LogP contribution in [0.2, 0.25) is 0 Å². The van der Waals surface area contributed by atoms with E-state index in [1.165, 1.54) is 11.3 Å². The van der Waals surface area contributed by atoms with Crippen LogP contribution >= 0.6 is 11.3 Å². The van der Waals surface area contributed by atoms with Crippen molar-refractivity contribution in [2.45, 2.75) is 58.3 Å². The second-order valence-corrected chi connectivity index (χ2v) is 8.52. The first-order valence-corrected chi connectivity index (χ1v) is 10.2. The Morgan fingerprint density at radius 3 is 2.50 bits per heavy atom. The van der Waals surface area contributed by atoms with Crippen LogP contribution in [0.3, 0.4) is 0 Å². The molecule has 1 aromatic heterocycles. The predicted molar refractivity (Wildman–Crippen MR) is 100 cm³/mol. The first kappa shape index (κ1) is 18.9. The molecular formula is C19H26N2O4S. The lowest BCUT2D eigenvalue weighted by atomic mass is 9.78. The molecule has 0 aromatic carbocycles. The van der Waals surface area contributed by atoms with E-state index in [4.69, 9.17) is 5.73 Å². The van der Waals surface area contributed by atoms with Crippen molar-refractivity contribution >= 4 is 34.1 Å². The number of nitrogens with two attached hydrogens (primary N) is 1. The third-order valence-corrected chi connectivity index (χ3v) is 7.02. The summed E-state index contributed by atoms with van der Waals surface area (Å²) in [5.74, 6) is -2.35. The fourth-order valence-corrected chi connectivity index (χ4v) is 5.67. The van der Waals surface area contributed by atoms with E-state index in [0.29, 0.717) is 29.3 Å². The van der Waals surface area contributed by atoms with E-state index in [-0.39, 0.29) is 5.91 Å². The fourth-order valence-electron chi connectivity index (χ4n) is 4.30. The molecule has 0 saturated heterocycles. The summed E-state index contributed by atoms with van der Waals surface area (Å²) in [5.41, 5.74) is 7.00. The molecule has 142 valence electrons. The Kier molecular flexibility index (Phi) is 5.65. The first-order valence-electron chi connectivity index (χ1n) is 9.40. The Morgan fingerprint density at radius 2 is 1.88 bits per heavy atom. The summed E-state index contributed by atoms with van der Waals surface area (Å²) in [7, 11) is 0. The average Bonchev–Trinajstić information content (AvgIpc) is 2.98. The van der Waals surface area contributed by atoms with Crippen molar-refractivity contribution in [1.29, 1.82) is 0 Å². The van der Waals surface area contributed by atoms with E-state index in [0.717, 1.165) is 49.0 Å². The van der Waals surface area contributed by atoms with Crippen LogP contribution in [-0.4, -0.2) is 22.9 Å². The maximum atomic E-state index is 12.8.